The molecule has 1 aliphatic heterocycles. The zero-order valence-electron chi connectivity index (χ0n) is 18.6. The predicted molar refractivity (Wildman–Crippen MR) is 129 cm³/mol. The van der Waals surface area contributed by atoms with Crippen molar-refractivity contribution >= 4 is 22.6 Å². The summed E-state index contributed by atoms with van der Waals surface area (Å²) in [6, 6.07) is 21.6. The van der Waals surface area contributed by atoms with Crippen LogP contribution in [0.25, 0.3) is 22.2 Å². The van der Waals surface area contributed by atoms with Gasteiger partial charge >= 0.3 is 0 Å². The Balaban J connectivity index is 1.48. The van der Waals surface area contributed by atoms with Gasteiger partial charge in [0.1, 0.15) is 17.8 Å². The average molecular weight is 425 g/mol. The predicted octanol–water partition coefficient (Wildman–Crippen LogP) is 5.98. The van der Waals surface area contributed by atoms with Gasteiger partial charge in [-0.3, -0.25) is 4.79 Å². The van der Waals surface area contributed by atoms with Crippen LogP contribution in [-0.4, -0.2) is 26.9 Å². The van der Waals surface area contributed by atoms with E-state index in [0.29, 0.717) is 0 Å². The fourth-order valence-electron chi connectivity index (χ4n) is 5.01. The number of Topliss-reactive ketones (excluding diaryl/α,β-unsaturated/α-hetero) is 1. The maximum absolute atomic E-state index is 12.2. The van der Waals surface area contributed by atoms with Crippen molar-refractivity contribution in [2.75, 3.05) is 11.4 Å². The molecule has 5 rings (SSSR count). The first-order valence-corrected chi connectivity index (χ1v) is 11.4. The molecule has 1 fully saturated rings. The highest BCUT2D eigenvalue weighted by Crippen LogP contribution is 2.39. The van der Waals surface area contributed by atoms with Crippen LogP contribution >= 0.6 is 0 Å². The highest BCUT2D eigenvalue weighted by atomic mass is 16.1. The number of fused-ring (bicyclic) bond motifs is 1. The second kappa shape index (κ2) is 8.58. The second-order valence-electron chi connectivity index (χ2n) is 8.53. The van der Waals surface area contributed by atoms with Crippen molar-refractivity contribution < 1.29 is 4.79 Å². The Kier molecular flexibility index (Phi) is 5.48. The van der Waals surface area contributed by atoms with E-state index in [1.54, 1.807) is 13.3 Å². The Morgan fingerprint density at radius 3 is 2.50 bits per heavy atom. The molecule has 0 saturated carbocycles. The third kappa shape index (κ3) is 3.58. The smallest absolute Gasteiger partial charge is 0.152 e. The molecule has 2 aromatic carbocycles. The van der Waals surface area contributed by atoms with E-state index in [1.165, 1.54) is 16.7 Å². The number of hydrogen-bond acceptors (Lipinski definition) is 4. The standard InChI is InChI=1S/C27H28N4O/c1-3-24(19(2)32)31-17-15-23-26(28-18-29-27(23)31)30-16-7-10-25(30)22-13-11-21(12-14-22)20-8-5-4-6-9-20/h4-6,8-9,11-15,17-18,24-25H,3,7,10,16H2,1-2H3. The van der Waals surface area contributed by atoms with E-state index in [2.05, 4.69) is 69.5 Å². The number of benzene rings is 2. The molecular formula is C27H28N4O. The summed E-state index contributed by atoms with van der Waals surface area (Å²) in [5.74, 6) is 1.12. The zero-order chi connectivity index (χ0) is 22.1. The number of nitrogens with zero attached hydrogens (tertiary/aromatic N) is 4. The van der Waals surface area contributed by atoms with Gasteiger partial charge in [-0.05, 0) is 48.9 Å². The van der Waals surface area contributed by atoms with Gasteiger partial charge in [0.25, 0.3) is 0 Å². The number of carbonyl (C=O) groups is 1. The van der Waals surface area contributed by atoms with Gasteiger partial charge in [0.2, 0.25) is 0 Å². The molecule has 3 heterocycles. The minimum atomic E-state index is -0.185. The molecule has 5 heteroatoms. The average Bonchev–Trinajstić information content (AvgIpc) is 3.48. The third-order valence-electron chi connectivity index (χ3n) is 6.61. The normalized spacial score (nSPS) is 17.1. The number of anilines is 1. The molecule has 0 radical (unpaired) electrons. The second-order valence-corrected chi connectivity index (χ2v) is 8.53. The fraction of sp³-hybridized carbons (Fsp3) is 0.296. The molecule has 162 valence electrons. The topological polar surface area (TPSA) is 51.0 Å². The molecule has 5 nitrogen and oxygen atoms in total. The van der Waals surface area contributed by atoms with Crippen molar-refractivity contribution in [2.24, 2.45) is 0 Å². The van der Waals surface area contributed by atoms with Crippen LogP contribution in [0.15, 0.2) is 73.2 Å². The van der Waals surface area contributed by atoms with Crippen molar-refractivity contribution in [3.8, 4) is 11.1 Å². The summed E-state index contributed by atoms with van der Waals surface area (Å²) in [7, 11) is 0. The quantitative estimate of drug-likeness (QED) is 0.382. The monoisotopic (exact) mass is 424 g/mol. The maximum atomic E-state index is 12.2. The molecule has 0 spiro atoms. The van der Waals surface area contributed by atoms with Gasteiger partial charge in [0.05, 0.1) is 17.5 Å². The van der Waals surface area contributed by atoms with Crippen LogP contribution in [0, 0.1) is 0 Å². The lowest BCUT2D eigenvalue weighted by molar-refractivity contribution is -0.120. The fourth-order valence-corrected chi connectivity index (χ4v) is 5.01. The first kappa shape index (κ1) is 20.4. The lowest BCUT2D eigenvalue weighted by Crippen LogP contribution is -2.24. The Morgan fingerprint density at radius 2 is 1.78 bits per heavy atom. The first-order chi connectivity index (χ1) is 15.7. The molecule has 0 aliphatic carbocycles. The summed E-state index contributed by atoms with van der Waals surface area (Å²) in [6.07, 6.45) is 6.59. The molecule has 32 heavy (non-hydrogen) atoms. The van der Waals surface area contributed by atoms with Gasteiger partial charge in [-0.2, -0.15) is 0 Å². The molecule has 4 aromatic rings. The summed E-state index contributed by atoms with van der Waals surface area (Å²) >= 11 is 0. The number of aromatic nitrogens is 3. The van der Waals surface area contributed by atoms with Crippen LogP contribution in [0.5, 0.6) is 0 Å². The van der Waals surface area contributed by atoms with Gasteiger partial charge in [-0.1, -0.05) is 61.5 Å². The van der Waals surface area contributed by atoms with Crippen molar-refractivity contribution in [2.45, 2.75) is 45.2 Å². The van der Waals surface area contributed by atoms with E-state index in [4.69, 9.17) is 0 Å². The molecular weight excluding hydrogens is 396 g/mol. The summed E-state index contributed by atoms with van der Waals surface area (Å²) in [4.78, 5) is 23.8. The number of rotatable bonds is 6. The van der Waals surface area contributed by atoms with Gasteiger partial charge in [-0.15, -0.1) is 0 Å². The van der Waals surface area contributed by atoms with Crippen molar-refractivity contribution in [3.05, 3.63) is 78.8 Å². The molecule has 2 unspecified atom stereocenters. The van der Waals surface area contributed by atoms with E-state index < -0.39 is 0 Å². The molecule has 0 amide bonds. The lowest BCUT2D eigenvalue weighted by Gasteiger charge is -2.27. The summed E-state index contributed by atoms with van der Waals surface area (Å²) in [5.41, 5.74) is 4.61. The Labute approximate surface area is 188 Å². The summed E-state index contributed by atoms with van der Waals surface area (Å²) < 4.78 is 2.00. The highest BCUT2D eigenvalue weighted by molar-refractivity contribution is 5.90. The molecule has 1 saturated heterocycles. The molecule has 1 aliphatic rings. The Morgan fingerprint density at radius 1 is 1.03 bits per heavy atom. The minimum absolute atomic E-state index is 0.155. The van der Waals surface area contributed by atoms with Gasteiger partial charge in [0, 0.05) is 12.7 Å². The van der Waals surface area contributed by atoms with E-state index in [9.17, 15) is 4.79 Å². The van der Waals surface area contributed by atoms with Crippen LogP contribution in [0.2, 0.25) is 0 Å². The minimum Gasteiger partial charge on any atom is -0.349 e. The maximum Gasteiger partial charge on any atom is 0.152 e. The molecule has 2 atom stereocenters. The van der Waals surface area contributed by atoms with Crippen molar-refractivity contribution in [1.29, 1.82) is 0 Å². The number of carbonyl (C=O) groups excluding carboxylic acids is 1. The van der Waals surface area contributed by atoms with Crippen LogP contribution in [0.1, 0.15) is 50.8 Å². The summed E-state index contributed by atoms with van der Waals surface area (Å²) in [5, 5.41) is 1.01. The van der Waals surface area contributed by atoms with E-state index in [1.807, 2.05) is 23.8 Å². The Bertz CT molecular complexity index is 1230. The van der Waals surface area contributed by atoms with E-state index in [0.717, 1.165) is 42.7 Å². The van der Waals surface area contributed by atoms with Crippen LogP contribution in [0.3, 0.4) is 0 Å². The van der Waals surface area contributed by atoms with Gasteiger partial charge in [-0.25, -0.2) is 9.97 Å². The zero-order valence-corrected chi connectivity index (χ0v) is 18.6. The van der Waals surface area contributed by atoms with Crippen LogP contribution < -0.4 is 4.90 Å². The molecule has 0 bridgehead atoms. The first-order valence-electron chi connectivity index (χ1n) is 11.4. The molecule has 2 aromatic heterocycles. The largest absolute Gasteiger partial charge is 0.349 e. The highest BCUT2D eigenvalue weighted by Gasteiger charge is 2.29. The number of ketones is 1. The lowest BCUT2D eigenvalue weighted by atomic mass is 9.99. The number of hydrogen-bond donors (Lipinski definition) is 0. The van der Waals surface area contributed by atoms with Crippen LogP contribution in [-0.2, 0) is 4.79 Å². The van der Waals surface area contributed by atoms with Gasteiger partial charge in [0.15, 0.2) is 5.78 Å². The third-order valence-corrected chi connectivity index (χ3v) is 6.61. The van der Waals surface area contributed by atoms with Gasteiger partial charge < -0.3 is 9.47 Å². The SMILES string of the molecule is CCC(C(C)=O)n1ccc2c(N3CCCC3c3ccc(-c4ccccc4)cc3)ncnc21. The van der Waals surface area contributed by atoms with Crippen molar-refractivity contribution in [1.82, 2.24) is 14.5 Å². The Hall–Kier alpha value is -3.47. The van der Waals surface area contributed by atoms with Crippen molar-refractivity contribution in [3.63, 3.8) is 0 Å². The van der Waals surface area contributed by atoms with E-state index in [-0.39, 0.29) is 17.9 Å². The van der Waals surface area contributed by atoms with Crippen LogP contribution in [0.4, 0.5) is 5.82 Å². The molecule has 0 N–H and O–H groups in total. The van der Waals surface area contributed by atoms with E-state index >= 15 is 0 Å². The summed E-state index contributed by atoms with van der Waals surface area (Å²) in [6.45, 7) is 4.65.